The van der Waals surface area contributed by atoms with Crippen molar-refractivity contribution >= 4 is 0 Å². The molecule has 128 valence electrons. The Morgan fingerprint density at radius 2 is 1.80 bits per heavy atom. The zero-order valence-electron chi connectivity index (χ0n) is 14.2. The van der Waals surface area contributed by atoms with Gasteiger partial charge in [-0.3, -0.25) is 10.00 Å². The maximum Gasteiger partial charge on any atom is 0.146 e. The molecule has 0 aliphatic carbocycles. The third kappa shape index (κ3) is 3.50. The normalized spacial score (nSPS) is 23.0. The molecule has 4 nitrogen and oxygen atoms in total. The van der Waals surface area contributed by atoms with Crippen molar-refractivity contribution in [1.29, 1.82) is 0 Å². The van der Waals surface area contributed by atoms with Crippen molar-refractivity contribution in [2.75, 3.05) is 6.54 Å². The molecule has 2 heterocycles. The van der Waals surface area contributed by atoms with Gasteiger partial charge in [-0.1, -0.05) is 60.7 Å². The Morgan fingerprint density at radius 1 is 1.04 bits per heavy atom. The van der Waals surface area contributed by atoms with E-state index in [1.54, 1.807) is 0 Å². The highest BCUT2D eigenvalue weighted by Gasteiger charge is 2.45. The quantitative estimate of drug-likeness (QED) is 0.749. The Labute approximate surface area is 148 Å². The van der Waals surface area contributed by atoms with Gasteiger partial charge in [0.25, 0.3) is 0 Å². The first-order chi connectivity index (χ1) is 12.4. The summed E-state index contributed by atoms with van der Waals surface area (Å²) in [6, 6.07) is 23.0. The van der Waals surface area contributed by atoms with E-state index in [0.717, 1.165) is 13.0 Å². The first kappa shape index (κ1) is 16.1. The predicted octanol–water partition coefficient (Wildman–Crippen LogP) is 3.57. The van der Waals surface area contributed by atoms with Gasteiger partial charge in [-0.05, 0) is 30.2 Å². The van der Waals surface area contributed by atoms with Crippen molar-refractivity contribution in [3.05, 3.63) is 90.3 Å². The first-order valence-electron chi connectivity index (χ1n) is 8.81. The van der Waals surface area contributed by atoms with Crippen LogP contribution in [-0.4, -0.2) is 22.1 Å². The van der Waals surface area contributed by atoms with Crippen LogP contribution in [0.25, 0.3) is 0 Å². The minimum Gasteiger partial charge on any atom is -0.353 e. The zero-order chi connectivity index (χ0) is 17.0. The van der Waals surface area contributed by atoms with E-state index in [1.807, 2.05) is 29.2 Å². The van der Waals surface area contributed by atoms with Crippen LogP contribution in [-0.2, 0) is 17.9 Å². The number of rotatable bonds is 6. The second-order valence-electron chi connectivity index (χ2n) is 6.55. The summed E-state index contributed by atoms with van der Waals surface area (Å²) in [6.07, 6.45) is 4.87. The third-order valence-electron chi connectivity index (χ3n) is 4.92. The van der Waals surface area contributed by atoms with Crippen molar-refractivity contribution < 1.29 is 4.74 Å². The van der Waals surface area contributed by atoms with E-state index >= 15 is 0 Å². The molecule has 1 aliphatic heterocycles. The maximum absolute atomic E-state index is 6.55. The number of hydrogen-bond acceptors (Lipinski definition) is 3. The Hall–Kier alpha value is -2.43. The zero-order valence-corrected chi connectivity index (χ0v) is 14.2. The van der Waals surface area contributed by atoms with Crippen molar-refractivity contribution in [3.8, 4) is 0 Å². The summed E-state index contributed by atoms with van der Waals surface area (Å²) < 4.78 is 8.50. The molecule has 0 bridgehead atoms. The van der Waals surface area contributed by atoms with Gasteiger partial charge in [-0.15, -0.1) is 0 Å². The molecule has 2 aromatic carbocycles. The highest BCUT2D eigenvalue weighted by Crippen LogP contribution is 2.38. The lowest BCUT2D eigenvalue weighted by atomic mass is 9.88. The van der Waals surface area contributed by atoms with Gasteiger partial charge in [0.2, 0.25) is 0 Å². The van der Waals surface area contributed by atoms with Crippen molar-refractivity contribution in [1.82, 2.24) is 15.1 Å². The lowest BCUT2D eigenvalue weighted by molar-refractivity contribution is -0.0934. The summed E-state index contributed by atoms with van der Waals surface area (Å²) in [5.74, 6) is 0.293. The second kappa shape index (κ2) is 7.21. The fourth-order valence-electron chi connectivity index (χ4n) is 3.69. The molecular formula is C21H23N3O. The second-order valence-corrected chi connectivity index (χ2v) is 6.55. The molecule has 1 aliphatic rings. The molecule has 0 radical (unpaired) electrons. The molecule has 0 amide bonds. The van der Waals surface area contributed by atoms with Crippen LogP contribution in [0.2, 0.25) is 0 Å². The average Bonchev–Trinajstić information content (AvgIpc) is 3.32. The first-order valence-corrected chi connectivity index (χ1v) is 8.81. The molecule has 4 rings (SSSR count). The van der Waals surface area contributed by atoms with Crippen molar-refractivity contribution in [2.24, 2.45) is 0 Å². The molecule has 1 unspecified atom stereocenters. The lowest BCUT2D eigenvalue weighted by Crippen LogP contribution is -2.50. The fraction of sp³-hybridized carbons (Fsp3) is 0.286. The van der Waals surface area contributed by atoms with Gasteiger partial charge in [0.1, 0.15) is 5.72 Å². The molecule has 1 saturated heterocycles. The number of aromatic nitrogens is 2. The molecule has 0 saturated carbocycles. The van der Waals surface area contributed by atoms with Crippen LogP contribution in [0.4, 0.5) is 0 Å². The molecule has 3 aromatic rings. The van der Waals surface area contributed by atoms with Crippen LogP contribution < -0.4 is 5.32 Å². The molecule has 25 heavy (non-hydrogen) atoms. The Balaban J connectivity index is 1.63. The number of ether oxygens (including phenoxy) is 1. The summed E-state index contributed by atoms with van der Waals surface area (Å²) in [7, 11) is 0. The summed E-state index contributed by atoms with van der Waals surface area (Å²) in [4.78, 5) is 0. The lowest BCUT2D eigenvalue weighted by Gasteiger charge is -2.36. The minimum absolute atomic E-state index is 0.293. The Morgan fingerprint density at radius 3 is 2.52 bits per heavy atom. The van der Waals surface area contributed by atoms with Gasteiger partial charge in [0, 0.05) is 18.3 Å². The maximum atomic E-state index is 6.55. The van der Waals surface area contributed by atoms with E-state index in [9.17, 15) is 0 Å². The molecule has 1 aromatic heterocycles. The van der Waals surface area contributed by atoms with Crippen molar-refractivity contribution in [2.45, 2.75) is 31.2 Å². The number of nitrogens with zero attached hydrogens (tertiary/aromatic N) is 2. The molecule has 0 spiro atoms. The van der Waals surface area contributed by atoms with Crippen molar-refractivity contribution in [3.63, 3.8) is 0 Å². The van der Waals surface area contributed by atoms with E-state index in [0.29, 0.717) is 19.1 Å². The molecular weight excluding hydrogens is 310 g/mol. The summed E-state index contributed by atoms with van der Waals surface area (Å²) >= 11 is 0. The minimum atomic E-state index is -0.455. The molecule has 2 atom stereocenters. The van der Waals surface area contributed by atoms with Gasteiger partial charge < -0.3 is 4.74 Å². The van der Waals surface area contributed by atoms with Gasteiger partial charge >= 0.3 is 0 Å². The van der Waals surface area contributed by atoms with E-state index in [1.165, 1.54) is 11.1 Å². The highest BCUT2D eigenvalue weighted by molar-refractivity contribution is 5.25. The Bertz CT molecular complexity index is 773. The van der Waals surface area contributed by atoms with Crippen LogP contribution in [0, 0.1) is 0 Å². The topological polar surface area (TPSA) is 39.1 Å². The fourth-order valence-corrected chi connectivity index (χ4v) is 3.69. The Kier molecular flexibility index (Phi) is 4.63. The summed E-state index contributed by atoms with van der Waals surface area (Å²) in [6.45, 7) is 2.21. The van der Waals surface area contributed by atoms with Crippen LogP contribution in [0.3, 0.4) is 0 Å². The van der Waals surface area contributed by atoms with E-state index in [2.05, 4.69) is 65.0 Å². The van der Waals surface area contributed by atoms with Crippen LogP contribution in [0.1, 0.15) is 23.5 Å². The molecule has 1 N–H and O–H groups in total. The van der Waals surface area contributed by atoms with Gasteiger partial charge in [0.15, 0.2) is 0 Å². The van der Waals surface area contributed by atoms with Gasteiger partial charge in [-0.25, -0.2) is 0 Å². The van der Waals surface area contributed by atoms with Crippen LogP contribution >= 0.6 is 0 Å². The monoisotopic (exact) mass is 333 g/mol. The summed E-state index contributed by atoms with van der Waals surface area (Å²) in [5, 5.41) is 8.05. The smallest absolute Gasteiger partial charge is 0.146 e. The number of nitrogens with one attached hydrogen (secondary N) is 1. The van der Waals surface area contributed by atoms with E-state index in [-0.39, 0.29) is 0 Å². The highest BCUT2D eigenvalue weighted by atomic mass is 16.5. The van der Waals surface area contributed by atoms with Crippen LogP contribution in [0.15, 0.2) is 79.1 Å². The standard InChI is InChI=1S/C21H23N3O/c1-3-8-18(9-4-1)16-25-21(17-24-15-7-13-23-24)20(12-14-22-21)19-10-5-2-6-11-19/h1-11,13,15,20,22H,12,14,16-17H2/t20?,21-/m0/s1. The van der Waals surface area contributed by atoms with Gasteiger partial charge in [0.05, 0.1) is 13.2 Å². The number of hydrogen-bond donors (Lipinski definition) is 1. The average molecular weight is 333 g/mol. The summed E-state index contributed by atoms with van der Waals surface area (Å²) in [5.41, 5.74) is 2.04. The molecule has 1 fully saturated rings. The van der Waals surface area contributed by atoms with Gasteiger partial charge in [-0.2, -0.15) is 5.10 Å². The largest absolute Gasteiger partial charge is 0.353 e. The number of benzene rings is 2. The predicted molar refractivity (Wildman–Crippen MR) is 98.0 cm³/mol. The van der Waals surface area contributed by atoms with E-state index < -0.39 is 5.72 Å². The molecule has 4 heteroatoms. The van der Waals surface area contributed by atoms with E-state index in [4.69, 9.17) is 4.74 Å². The third-order valence-corrected chi connectivity index (χ3v) is 4.92. The SMILES string of the molecule is c1ccc(CO[C@]2(Cn3cccn3)NCCC2c2ccccc2)cc1. The van der Waals surface area contributed by atoms with Crippen LogP contribution in [0.5, 0.6) is 0 Å².